The van der Waals surface area contributed by atoms with Gasteiger partial charge >= 0.3 is 0 Å². The third kappa shape index (κ3) is 3.41. The van der Waals surface area contributed by atoms with E-state index in [2.05, 4.69) is 49.8 Å². The Hall–Kier alpha value is -2.49. The molecular formula is C22H28N2O2. The molecule has 0 amide bonds. The fraction of sp³-hybridized carbons (Fsp3) is 0.409. The summed E-state index contributed by atoms with van der Waals surface area (Å²) in [7, 11) is 5.53. The minimum absolute atomic E-state index is 0.133. The Morgan fingerprint density at radius 3 is 2.62 bits per heavy atom. The van der Waals surface area contributed by atoms with Gasteiger partial charge in [-0.3, -0.25) is 4.99 Å². The summed E-state index contributed by atoms with van der Waals surface area (Å²) in [6, 6.07) is 12.1. The predicted octanol–water partition coefficient (Wildman–Crippen LogP) is 5.18. The second kappa shape index (κ2) is 7.02. The van der Waals surface area contributed by atoms with Crippen molar-refractivity contribution in [3.63, 3.8) is 0 Å². The molecule has 4 nitrogen and oxygen atoms in total. The lowest BCUT2D eigenvalue weighted by atomic mass is 9.80. The Kier molecular flexibility index (Phi) is 4.94. The van der Waals surface area contributed by atoms with E-state index in [4.69, 9.17) is 9.47 Å². The predicted molar refractivity (Wildman–Crippen MR) is 109 cm³/mol. The maximum absolute atomic E-state index is 5.65. The van der Waals surface area contributed by atoms with Gasteiger partial charge in [0.05, 0.1) is 19.9 Å². The Balaban J connectivity index is 2.01. The number of hydrogen-bond acceptors (Lipinski definition) is 4. The molecule has 1 atom stereocenters. The van der Waals surface area contributed by atoms with Gasteiger partial charge in [-0.15, -0.1) is 0 Å². The van der Waals surface area contributed by atoms with Gasteiger partial charge in [0.25, 0.3) is 0 Å². The standard InChI is InChI=1S/C22H28N2O2/c1-15-13-22(2,3)24(4)20-12-21(26-6)16(10-19(15)20)14-23-17-8-7-9-18(11-17)25-5/h7-12,14-15H,13H2,1-6H3. The van der Waals surface area contributed by atoms with Crippen molar-refractivity contribution >= 4 is 17.6 Å². The van der Waals surface area contributed by atoms with E-state index in [-0.39, 0.29) is 5.54 Å². The molecule has 0 saturated carbocycles. The van der Waals surface area contributed by atoms with E-state index < -0.39 is 0 Å². The Bertz CT molecular complexity index is 827. The Morgan fingerprint density at radius 2 is 1.92 bits per heavy atom. The Labute approximate surface area is 156 Å². The van der Waals surface area contributed by atoms with Crippen LogP contribution < -0.4 is 14.4 Å². The van der Waals surface area contributed by atoms with Crippen LogP contribution in [0.1, 0.15) is 44.2 Å². The summed E-state index contributed by atoms with van der Waals surface area (Å²) in [6.45, 7) is 6.87. The summed E-state index contributed by atoms with van der Waals surface area (Å²) in [5, 5.41) is 0. The van der Waals surface area contributed by atoms with Gasteiger partial charge in [-0.25, -0.2) is 0 Å². The smallest absolute Gasteiger partial charge is 0.129 e. The Morgan fingerprint density at radius 1 is 1.15 bits per heavy atom. The SMILES string of the molecule is COc1cccc(N=Cc2cc3c(cc2OC)N(C)C(C)(C)CC3C)c1. The van der Waals surface area contributed by atoms with E-state index in [1.54, 1.807) is 14.2 Å². The van der Waals surface area contributed by atoms with E-state index in [0.717, 1.165) is 29.2 Å². The van der Waals surface area contributed by atoms with Crippen LogP contribution in [-0.4, -0.2) is 33.0 Å². The quantitative estimate of drug-likeness (QED) is 0.711. The van der Waals surface area contributed by atoms with Crippen LogP contribution in [0, 0.1) is 0 Å². The molecule has 0 bridgehead atoms. The zero-order valence-electron chi connectivity index (χ0n) is 16.5. The number of aliphatic imine (C=N–C) groups is 1. The van der Waals surface area contributed by atoms with Crippen molar-refractivity contribution in [2.24, 2.45) is 4.99 Å². The summed E-state index contributed by atoms with van der Waals surface area (Å²) >= 11 is 0. The first-order chi connectivity index (χ1) is 12.4. The molecule has 0 aliphatic carbocycles. The third-order valence-electron chi connectivity index (χ3n) is 5.39. The molecule has 138 valence electrons. The topological polar surface area (TPSA) is 34.1 Å². The first-order valence-electron chi connectivity index (χ1n) is 8.99. The van der Waals surface area contributed by atoms with E-state index in [9.17, 15) is 0 Å². The van der Waals surface area contributed by atoms with Crippen LogP contribution in [0.4, 0.5) is 11.4 Å². The van der Waals surface area contributed by atoms with Crippen LogP contribution in [0.5, 0.6) is 11.5 Å². The fourth-order valence-electron chi connectivity index (χ4n) is 3.72. The highest BCUT2D eigenvalue weighted by molar-refractivity contribution is 5.87. The molecule has 2 aromatic carbocycles. The molecule has 4 heteroatoms. The first kappa shape index (κ1) is 18.3. The minimum Gasteiger partial charge on any atom is -0.497 e. The van der Waals surface area contributed by atoms with Crippen LogP contribution in [-0.2, 0) is 0 Å². The highest BCUT2D eigenvalue weighted by Gasteiger charge is 2.34. The number of methoxy groups -OCH3 is 2. The highest BCUT2D eigenvalue weighted by Crippen LogP contribution is 2.44. The number of hydrogen-bond donors (Lipinski definition) is 0. The van der Waals surface area contributed by atoms with Crippen molar-refractivity contribution in [3.05, 3.63) is 47.5 Å². The number of fused-ring (bicyclic) bond motifs is 1. The highest BCUT2D eigenvalue weighted by atomic mass is 16.5. The monoisotopic (exact) mass is 352 g/mol. The van der Waals surface area contributed by atoms with Gasteiger partial charge in [0.15, 0.2) is 0 Å². The largest absolute Gasteiger partial charge is 0.497 e. The number of anilines is 1. The van der Waals surface area contributed by atoms with Crippen LogP contribution in [0.25, 0.3) is 0 Å². The molecule has 0 saturated heterocycles. The maximum atomic E-state index is 5.65. The van der Waals surface area contributed by atoms with Crippen molar-refractivity contribution in [1.82, 2.24) is 0 Å². The number of rotatable bonds is 4. The van der Waals surface area contributed by atoms with Crippen LogP contribution in [0.3, 0.4) is 0 Å². The van der Waals surface area contributed by atoms with Crippen LogP contribution in [0.2, 0.25) is 0 Å². The molecule has 1 heterocycles. The molecule has 1 aliphatic heterocycles. The van der Waals surface area contributed by atoms with Crippen molar-refractivity contribution < 1.29 is 9.47 Å². The van der Waals surface area contributed by atoms with Crippen molar-refractivity contribution in [2.75, 3.05) is 26.2 Å². The average molecular weight is 352 g/mol. The zero-order valence-corrected chi connectivity index (χ0v) is 16.5. The third-order valence-corrected chi connectivity index (χ3v) is 5.39. The second-order valence-electron chi connectivity index (χ2n) is 7.59. The van der Waals surface area contributed by atoms with Crippen LogP contribution in [0.15, 0.2) is 41.4 Å². The van der Waals surface area contributed by atoms with Gasteiger partial charge in [-0.2, -0.15) is 0 Å². The van der Waals surface area contributed by atoms with E-state index in [0.29, 0.717) is 5.92 Å². The summed E-state index contributed by atoms with van der Waals surface area (Å²) < 4.78 is 10.9. The van der Waals surface area contributed by atoms with Gasteiger partial charge in [0, 0.05) is 42.2 Å². The van der Waals surface area contributed by atoms with Crippen LogP contribution >= 0.6 is 0 Å². The van der Waals surface area contributed by atoms with Gasteiger partial charge in [0.1, 0.15) is 11.5 Å². The molecule has 3 rings (SSSR count). The molecule has 1 unspecified atom stereocenters. The number of benzene rings is 2. The molecule has 0 radical (unpaired) electrons. The average Bonchev–Trinajstić information content (AvgIpc) is 2.63. The molecule has 0 fully saturated rings. The molecule has 0 aromatic heterocycles. The van der Waals surface area contributed by atoms with Gasteiger partial charge in [-0.05, 0) is 49.9 Å². The van der Waals surface area contributed by atoms with Gasteiger partial charge < -0.3 is 14.4 Å². The normalized spacial score (nSPS) is 18.7. The number of ether oxygens (including phenoxy) is 2. The minimum atomic E-state index is 0.133. The van der Waals surface area contributed by atoms with E-state index in [1.807, 2.05) is 30.5 Å². The van der Waals surface area contributed by atoms with Gasteiger partial charge in [-0.1, -0.05) is 13.0 Å². The lowest BCUT2D eigenvalue weighted by molar-refractivity contribution is 0.389. The van der Waals surface area contributed by atoms with Crippen molar-refractivity contribution in [2.45, 2.75) is 38.6 Å². The van der Waals surface area contributed by atoms with E-state index in [1.165, 1.54) is 11.3 Å². The molecule has 0 N–H and O–H groups in total. The zero-order chi connectivity index (χ0) is 18.9. The molecule has 1 aliphatic rings. The lowest BCUT2D eigenvalue weighted by Crippen LogP contribution is -2.45. The summed E-state index contributed by atoms with van der Waals surface area (Å²) in [6.07, 6.45) is 3.00. The number of nitrogens with zero attached hydrogens (tertiary/aromatic N) is 2. The molecule has 0 spiro atoms. The van der Waals surface area contributed by atoms with Crippen molar-refractivity contribution in [3.8, 4) is 11.5 Å². The van der Waals surface area contributed by atoms with Gasteiger partial charge in [0.2, 0.25) is 0 Å². The van der Waals surface area contributed by atoms with E-state index >= 15 is 0 Å². The summed E-state index contributed by atoms with van der Waals surface area (Å²) in [4.78, 5) is 6.97. The molecule has 26 heavy (non-hydrogen) atoms. The summed E-state index contributed by atoms with van der Waals surface area (Å²) in [5.41, 5.74) is 4.57. The first-order valence-corrected chi connectivity index (χ1v) is 8.99. The second-order valence-corrected chi connectivity index (χ2v) is 7.59. The summed E-state index contributed by atoms with van der Waals surface area (Å²) in [5.74, 6) is 2.13. The maximum Gasteiger partial charge on any atom is 0.129 e. The molecule has 2 aromatic rings. The fourth-order valence-corrected chi connectivity index (χ4v) is 3.72. The lowest BCUT2D eigenvalue weighted by Gasteiger charge is -2.45. The van der Waals surface area contributed by atoms with Crippen molar-refractivity contribution in [1.29, 1.82) is 0 Å². The molecular weight excluding hydrogens is 324 g/mol.